The van der Waals surface area contributed by atoms with Crippen LogP contribution in [0.3, 0.4) is 0 Å². The van der Waals surface area contributed by atoms with Gasteiger partial charge in [-0.15, -0.1) is 0 Å². The van der Waals surface area contributed by atoms with E-state index in [0.717, 1.165) is 32.4 Å². The molecule has 1 amide bonds. The van der Waals surface area contributed by atoms with Crippen LogP contribution in [0.2, 0.25) is 0 Å². The van der Waals surface area contributed by atoms with Crippen molar-refractivity contribution < 1.29 is 4.79 Å². The molecule has 3 aliphatic rings. The van der Waals surface area contributed by atoms with Gasteiger partial charge in [-0.1, -0.05) is 13.8 Å². The van der Waals surface area contributed by atoms with Gasteiger partial charge in [-0.25, -0.2) is 0 Å². The Labute approximate surface area is 129 Å². The predicted molar refractivity (Wildman–Crippen MR) is 84.8 cm³/mol. The van der Waals surface area contributed by atoms with Gasteiger partial charge >= 0.3 is 0 Å². The largest absolute Gasteiger partial charge is 0.341 e. The Bertz CT molecular complexity index is 386. The van der Waals surface area contributed by atoms with Gasteiger partial charge in [0.1, 0.15) is 0 Å². The maximum Gasteiger partial charge on any atom is 0.226 e. The van der Waals surface area contributed by atoms with Crippen molar-refractivity contribution in [3.63, 3.8) is 0 Å². The minimum Gasteiger partial charge on any atom is -0.341 e. The summed E-state index contributed by atoms with van der Waals surface area (Å²) in [5.41, 5.74) is 6.24. The molecule has 0 aromatic carbocycles. The minimum atomic E-state index is 0.157. The summed E-state index contributed by atoms with van der Waals surface area (Å²) in [6.07, 6.45) is 5.67. The molecule has 1 aliphatic carbocycles. The Kier molecular flexibility index (Phi) is 4.55. The van der Waals surface area contributed by atoms with Gasteiger partial charge < -0.3 is 10.6 Å². The van der Waals surface area contributed by atoms with E-state index in [1.807, 2.05) is 0 Å². The highest BCUT2D eigenvalue weighted by molar-refractivity contribution is 5.79. The van der Waals surface area contributed by atoms with Crippen molar-refractivity contribution in [1.29, 1.82) is 0 Å². The number of hydrogen-bond acceptors (Lipinski definition) is 3. The van der Waals surface area contributed by atoms with Crippen molar-refractivity contribution >= 4 is 5.91 Å². The molecule has 0 spiro atoms. The lowest BCUT2D eigenvalue weighted by atomic mass is 9.72. The van der Waals surface area contributed by atoms with Gasteiger partial charge in [0.05, 0.1) is 0 Å². The number of rotatable bonds is 1. The Morgan fingerprint density at radius 2 is 1.81 bits per heavy atom. The zero-order chi connectivity index (χ0) is 15.0. The topological polar surface area (TPSA) is 49.6 Å². The van der Waals surface area contributed by atoms with E-state index in [-0.39, 0.29) is 12.0 Å². The average molecular weight is 293 g/mol. The molecule has 2 aliphatic heterocycles. The molecule has 0 aromatic rings. The number of nitrogens with two attached hydrogens (primary N) is 1. The quantitative estimate of drug-likeness (QED) is 0.800. The molecule has 0 radical (unpaired) electrons. The van der Waals surface area contributed by atoms with Gasteiger partial charge in [0.2, 0.25) is 5.91 Å². The highest BCUT2D eigenvalue weighted by atomic mass is 16.2. The fourth-order valence-corrected chi connectivity index (χ4v) is 4.67. The summed E-state index contributed by atoms with van der Waals surface area (Å²) < 4.78 is 0. The van der Waals surface area contributed by atoms with Crippen LogP contribution >= 0.6 is 0 Å². The number of amides is 1. The van der Waals surface area contributed by atoms with Gasteiger partial charge in [-0.05, 0) is 50.5 Å². The first-order valence-electron chi connectivity index (χ1n) is 8.84. The van der Waals surface area contributed by atoms with Crippen molar-refractivity contribution in [1.82, 2.24) is 9.80 Å². The van der Waals surface area contributed by atoms with E-state index in [9.17, 15) is 4.79 Å². The van der Waals surface area contributed by atoms with E-state index in [0.29, 0.717) is 23.8 Å². The van der Waals surface area contributed by atoms with Crippen LogP contribution in [0.1, 0.15) is 46.0 Å². The van der Waals surface area contributed by atoms with Crippen LogP contribution in [0.25, 0.3) is 0 Å². The van der Waals surface area contributed by atoms with Crippen LogP contribution in [0.4, 0.5) is 0 Å². The smallest absolute Gasteiger partial charge is 0.226 e. The van der Waals surface area contributed by atoms with Crippen molar-refractivity contribution in [2.45, 2.75) is 58.0 Å². The molecule has 5 unspecified atom stereocenters. The fraction of sp³-hybridized carbons (Fsp3) is 0.941. The predicted octanol–water partition coefficient (Wildman–Crippen LogP) is 1.69. The molecule has 3 rings (SSSR count). The maximum absolute atomic E-state index is 13.0. The zero-order valence-corrected chi connectivity index (χ0v) is 13.6. The normalized spacial score (nSPS) is 41.7. The molecule has 21 heavy (non-hydrogen) atoms. The number of nitrogens with zero attached hydrogens (tertiary/aromatic N) is 2. The third-order valence-electron chi connectivity index (χ3n) is 6.12. The second-order valence-electron chi connectivity index (χ2n) is 7.67. The molecule has 4 nitrogen and oxygen atoms in total. The number of carbonyl (C=O) groups excluding carboxylic acids is 1. The first kappa shape index (κ1) is 15.3. The second kappa shape index (κ2) is 6.25. The number of carbonyl (C=O) groups is 1. The lowest BCUT2D eigenvalue weighted by Crippen LogP contribution is -2.48. The number of fused-ring (bicyclic) bond motifs is 1. The standard InChI is InChI=1S/C17H31N3O/c1-12-9-13(2)16(18)10-15(12)17(21)20-8-4-7-19-6-3-5-14(19)11-20/h12-16H,3-11,18H2,1-2H3. The second-order valence-corrected chi connectivity index (χ2v) is 7.67. The molecule has 3 fully saturated rings. The molecule has 2 heterocycles. The highest BCUT2D eigenvalue weighted by Crippen LogP contribution is 2.34. The average Bonchev–Trinajstić information content (AvgIpc) is 2.79. The molecular weight excluding hydrogens is 262 g/mol. The van der Waals surface area contributed by atoms with E-state index < -0.39 is 0 Å². The summed E-state index contributed by atoms with van der Waals surface area (Å²) in [7, 11) is 0. The molecule has 5 atom stereocenters. The van der Waals surface area contributed by atoms with Crippen LogP contribution in [0.5, 0.6) is 0 Å². The van der Waals surface area contributed by atoms with E-state index in [1.165, 1.54) is 25.9 Å². The van der Waals surface area contributed by atoms with Crippen molar-refractivity contribution in [2.24, 2.45) is 23.5 Å². The summed E-state index contributed by atoms with van der Waals surface area (Å²) in [6, 6.07) is 0.813. The molecule has 2 N–H and O–H groups in total. The summed E-state index contributed by atoms with van der Waals surface area (Å²) in [5, 5.41) is 0. The SMILES string of the molecule is CC1CC(C)C(C(=O)N2CCCN3CCCC3C2)CC1N. The zero-order valence-electron chi connectivity index (χ0n) is 13.6. The van der Waals surface area contributed by atoms with Crippen LogP contribution in [0.15, 0.2) is 0 Å². The summed E-state index contributed by atoms with van der Waals surface area (Å²) in [4.78, 5) is 17.8. The van der Waals surface area contributed by atoms with Crippen LogP contribution in [-0.4, -0.2) is 54.0 Å². The van der Waals surface area contributed by atoms with Crippen LogP contribution in [-0.2, 0) is 4.79 Å². The summed E-state index contributed by atoms with van der Waals surface area (Å²) in [6.45, 7) is 8.77. The molecule has 4 heteroatoms. The Morgan fingerprint density at radius 3 is 2.62 bits per heavy atom. The molecule has 2 saturated heterocycles. The molecule has 0 aromatic heterocycles. The first-order valence-corrected chi connectivity index (χ1v) is 8.84. The van der Waals surface area contributed by atoms with Crippen molar-refractivity contribution in [3.05, 3.63) is 0 Å². The van der Waals surface area contributed by atoms with Crippen molar-refractivity contribution in [3.8, 4) is 0 Å². The van der Waals surface area contributed by atoms with E-state index in [4.69, 9.17) is 5.73 Å². The van der Waals surface area contributed by atoms with E-state index >= 15 is 0 Å². The third kappa shape index (κ3) is 3.11. The van der Waals surface area contributed by atoms with Gasteiger partial charge in [-0.2, -0.15) is 0 Å². The van der Waals surface area contributed by atoms with Gasteiger partial charge in [-0.3, -0.25) is 9.69 Å². The maximum atomic E-state index is 13.0. The van der Waals surface area contributed by atoms with Crippen LogP contribution in [0, 0.1) is 17.8 Å². The summed E-state index contributed by atoms with van der Waals surface area (Å²) >= 11 is 0. The summed E-state index contributed by atoms with van der Waals surface area (Å²) in [5.74, 6) is 1.58. The Hall–Kier alpha value is -0.610. The van der Waals surface area contributed by atoms with Crippen molar-refractivity contribution in [2.75, 3.05) is 26.2 Å². The minimum absolute atomic E-state index is 0.157. The lowest BCUT2D eigenvalue weighted by molar-refractivity contribution is -0.139. The monoisotopic (exact) mass is 293 g/mol. The fourth-order valence-electron chi connectivity index (χ4n) is 4.67. The Morgan fingerprint density at radius 1 is 1.05 bits per heavy atom. The molecule has 0 bridgehead atoms. The van der Waals surface area contributed by atoms with Gasteiger partial charge in [0.25, 0.3) is 0 Å². The number of hydrogen-bond donors (Lipinski definition) is 1. The van der Waals surface area contributed by atoms with Gasteiger partial charge in [0.15, 0.2) is 0 Å². The van der Waals surface area contributed by atoms with E-state index in [1.54, 1.807) is 0 Å². The van der Waals surface area contributed by atoms with Gasteiger partial charge in [0, 0.05) is 37.6 Å². The molecular formula is C17H31N3O. The lowest BCUT2D eigenvalue weighted by Gasteiger charge is -2.39. The highest BCUT2D eigenvalue weighted by Gasteiger charge is 2.39. The van der Waals surface area contributed by atoms with E-state index in [2.05, 4.69) is 23.6 Å². The van der Waals surface area contributed by atoms with Crippen LogP contribution < -0.4 is 5.73 Å². The Balaban J connectivity index is 1.66. The molecule has 1 saturated carbocycles. The molecule has 120 valence electrons. The third-order valence-corrected chi connectivity index (χ3v) is 6.12. The first-order chi connectivity index (χ1) is 10.1.